The molecular weight excluding hydrogens is 394 g/mol. The number of esters is 1. The van der Waals surface area contributed by atoms with Crippen LogP contribution in [0.4, 0.5) is 4.79 Å². The minimum Gasteiger partial charge on any atom is -0.465 e. The number of ketones is 1. The SMILES string of the molecule is CC(C)(C)C[C@@H](NC(=O)O)c1ccc(CCC2(C3CCCC3)CC(=O)CC(=O)O2)cc1. The Kier molecular flexibility index (Phi) is 7.07. The molecule has 1 saturated heterocycles. The monoisotopic (exact) mass is 429 g/mol. The zero-order valence-corrected chi connectivity index (χ0v) is 18.9. The number of cyclic esters (lactones) is 1. The van der Waals surface area contributed by atoms with Crippen LogP contribution < -0.4 is 5.32 Å². The molecule has 2 fully saturated rings. The van der Waals surface area contributed by atoms with Gasteiger partial charge in [-0.3, -0.25) is 9.59 Å². The van der Waals surface area contributed by atoms with E-state index in [0.717, 1.165) is 36.8 Å². The van der Waals surface area contributed by atoms with E-state index < -0.39 is 11.7 Å². The third kappa shape index (κ3) is 6.31. The summed E-state index contributed by atoms with van der Waals surface area (Å²) in [7, 11) is 0. The molecule has 0 bridgehead atoms. The van der Waals surface area contributed by atoms with Crippen molar-refractivity contribution in [1.82, 2.24) is 5.32 Å². The Morgan fingerprint density at radius 2 is 1.84 bits per heavy atom. The Hall–Kier alpha value is -2.37. The van der Waals surface area contributed by atoms with Crippen LogP contribution in [0.25, 0.3) is 0 Å². The van der Waals surface area contributed by atoms with E-state index in [0.29, 0.717) is 25.7 Å². The molecule has 1 saturated carbocycles. The predicted molar refractivity (Wildman–Crippen MR) is 118 cm³/mol. The highest BCUT2D eigenvalue weighted by Crippen LogP contribution is 2.44. The third-order valence-electron chi connectivity index (χ3n) is 6.59. The molecule has 6 nitrogen and oxygen atoms in total. The maximum atomic E-state index is 12.2. The maximum absolute atomic E-state index is 12.2. The van der Waals surface area contributed by atoms with Crippen molar-refractivity contribution >= 4 is 17.8 Å². The molecule has 1 unspecified atom stereocenters. The Labute approximate surface area is 184 Å². The van der Waals surface area contributed by atoms with E-state index >= 15 is 0 Å². The number of benzene rings is 1. The number of hydrogen-bond donors (Lipinski definition) is 2. The van der Waals surface area contributed by atoms with Crippen molar-refractivity contribution in [3.63, 3.8) is 0 Å². The number of hydrogen-bond acceptors (Lipinski definition) is 4. The summed E-state index contributed by atoms with van der Waals surface area (Å²) in [5.41, 5.74) is 1.35. The lowest BCUT2D eigenvalue weighted by Gasteiger charge is -2.41. The molecule has 1 aliphatic carbocycles. The number of Topliss-reactive ketones (excluding diaryl/α,β-unsaturated/α-hetero) is 1. The van der Waals surface area contributed by atoms with Crippen LogP contribution in [0.5, 0.6) is 0 Å². The minimum atomic E-state index is -1.03. The molecule has 0 spiro atoms. The fourth-order valence-electron chi connectivity index (χ4n) is 5.17. The van der Waals surface area contributed by atoms with Gasteiger partial charge in [0.2, 0.25) is 0 Å². The van der Waals surface area contributed by atoms with E-state index in [1.165, 1.54) is 0 Å². The first-order chi connectivity index (χ1) is 14.6. The molecule has 1 aromatic rings. The van der Waals surface area contributed by atoms with E-state index in [-0.39, 0.29) is 35.5 Å². The molecule has 3 rings (SSSR count). The highest BCUT2D eigenvalue weighted by molar-refractivity contribution is 5.98. The van der Waals surface area contributed by atoms with E-state index in [9.17, 15) is 19.5 Å². The number of ether oxygens (including phenoxy) is 1. The summed E-state index contributed by atoms with van der Waals surface area (Å²) in [5, 5.41) is 11.9. The highest BCUT2D eigenvalue weighted by Gasteiger charge is 2.47. The Morgan fingerprint density at radius 1 is 1.19 bits per heavy atom. The van der Waals surface area contributed by atoms with Gasteiger partial charge in [-0.05, 0) is 54.6 Å². The van der Waals surface area contributed by atoms with Crippen molar-refractivity contribution in [3.05, 3.63) is 35.4 Å². The van der Waals surface area contributed by atoms with Crippen molar-refractivity contribution < 1.29 is 24.2 Å². The van der Waals surface area contributed by atoms with E-state index in [2.05, 4.69) is 26.1 Å². The number of carbonyl (C=O) groups excluding carboxylic acids is 2. The quantitative estimate of drug-likeness (QED) is 0.459. The summed E-state index contributed by atoms with van der Waals surface area (Å²) >= 11 is 0. The predicted octanol–water partition coefficient (Wildman–Crippen LogP) is 5.20. The Morgan fingerprint density at radius 3 is 2.39 bits per heavy atom. The second-order valence-electron chi connectivity index (χ2n) is 10.4. The number of nitrogens with one attached hydrogen (secondary N) is 1. The lowest BCUT2D eigenvalue weighted by Crippen LogP contribution is -2.48. The number of amides is 1. The number of aryl methyl sites for hydroxylation is 1. The van der Waals surface area contributed by atoms with Gasteiger partial charge >= 0.3 is 12.1 Å². The van der Waals surface area contributed by atoms with Crippen LogP contribution in [-0.4, -0.2) is 28.6 Å². The summed E-state index contributed by atoms with van der Waals surface area (Å²) in [6.07, 6.45) is 5.52. The zero-order valence-electron chi connectivity index (χ0n) is 18.9. The van der Waals surface area contributed by atoms with Gasteiger partial charge < -0.3 is 15.2 Å². The van der Waals surface area contributed by atoms with Gasteiger partial charge in [0.15, 0.2) is 0 Å². The molecule has 6 heteroatoms. The molecule has 1 aromatic carbocycles. The van der Waals surface area contributed by atoms with Crippen molar-refractivity contribution in [2.24, 2.45) is 11.3 Å². The Balaban J connectivity index is 1.72. The number of carboxylic acid groups (broad SMARTS) is 1. The Bertz CT molecular complexity index is 786. The lowest BCUT2D eigenvalue weighted by molar-refractivity contribution is -0.178. The zero-order chi connectivity index (χ0) is 22.6. The van der Waals surface area contributed by atoms with Gasteiger partial charge in [0.25, 0.3) is 0 Å². The summed E-state index contributed by atoms with van der Waals surface area (Å²) in [5.74, 6) is -0.137. The fraction of sp³-hybridized carbons (Fsp3) is 0.640. The molecule has 0 radical (unpaired) electrons. The summed E-state index contributed by atoms with van der Waals surface area (Å²) in [6.45, 7) is 6.27. The van der Waals surface area contributed by atoms with E-state index in [1.807, 2.05) is 24.3 Å². The van der Waals surface area contributed by atoms with Gasteiger partial charge in [-0.25, -0.2) is 4.79 Å². The number of rotatable bonds is 7. The van der Waals surface area contributed by atoms with E-state index in [1.54, 1.807) is 0 Å². The largest absolute Gasteiger partial charge is 0.465 e. The van der Waals surface area contributed by atoms with Crippen molar-refractivity contribution in [2.75, 3.05) is 0 Å². The average Bonchev–Trinajstić information content (AvgIpc) is 3.20. The first-order valence-electron chi connectivity index (χ1n) is 11.4. The second kappa shape index (κ2) is 9.41. The summed E-state index contributed by atoms with van der Waals surface area (Å²) in [6, 6.07) is 7.71. The van der Waals surface area contributed by atoms with Crippen LogP contribution in [0.3, 0.4) is 0 Å². The first-order valence-corrected chi connectivity index (χ1v) is 11.4. The normalized spacial score (nSPS) is 23.5. The van der Waals surface area contributed by atoms with Crippen LogP contribution >= 0.6 is 0 Å². The van der Waals surface area contributed by atoms with Crippen LogP contribution in [0.2, 0.25) is 0 Å². The van der Waals surface area contributed by atoms with Crippen molar-refractivity contribution in [1.29, 1.82) is 0 Å². The molecule has 2 aliphatic rings. The molecule has 2 N–H and O–H groups in total. The molecule has 0 aromatic heterocycles. The molecule has 1 amide bonds. The van der Waals surface area contributed by atoms with Gasteiger partial charge in [-0.1, -0.05) is 57.9 Å². The molecule has 31 heavy (non-hydrogen) atoms. The molecule has 1 aliphatic heterocycles. The van der Waals surface area contributed by atoms with Crippen LogP contribution in [0, 0.1) is 11.3 Å². The van der Waals surface area contributed by atoms with Gasteiger partial charge in [-0.15, -0.1) is 0 Å². The molecule has 2 atom stereocenters. The van der Waals surface area contributed by atoms with Crippen LogP contribution in [-0.2, 0) is 20.7 Å². The van der Waals surface area contributed by atoms with Crippen molar-refractivity contribution in [3.8, 4) is 0 Å². The maximum Gasteiger partial charge on any atom is 0.405 e. The smallest absolute Gasteiger partial charge is 0.405 e. The molecule has 1 heterocycles. The van der Waals surface area contributed by atoms with Gasteiger partial charge in [0, 0.05) is 6.42 Å². The standard InChI is InChI=1S/C25H35NO5/c1-24(2,3)16-21(26-23(29)30)18-10-8-17(9-11-18)12-13-25(19-6-4-5-7-19)15-20(27)14-22(28)31-25/h8-11,19,21,26H,4-7,12-16H2,1-3H3,(H,29,30)/t21-,25?/m1/s1. The van der Waals surface area contributed by atoms with Gasteiger partial charge in [0.05, 0.1) is 6.04 Å². The molecule has 170 valence electrons. The summed E-state index contributed by atoms with van der Waals surface area (Å²) < 4.78 is 5.88. The third-order valence-corrected chi connectivity index (χ3v) is 6.59. The summed E-state index contributed by atoms with van der Waals surface area (Å²) in [4.78, 5) is 35.6. The van der Waals surface area contributed by atoms with Crippen LogP contribution in [0.15, 0.2) is 24.3 Å². The van der Waals surface area contributed by atoms with E-state index in [4.69, 9.17) is 4.74 Å². The number of carbonyl (C=O) groups is 3. The van der Waals surface area contributed by atoms with Crippen LogP contribution in [0.1, 0.15) is 89.3 Å². The van der Waals surface area contributed by atoms with Gasteiger partial charge in [0.1, 0.15) is 17.8 Å². The van der Waals surface area contributed by atoms with Gasteiger partial charge in [-0.2, -0.15) is 0 Å². The highest BCUT2D eigenvalue weighted by atomic mass is 16.6. The first kappa shape index (κ1) is 23.3. The fourth-order valence-corrected chi connectivity index (χ4v) is 5.17. The van der Waals surface area contributed by atoms with Crippen molar-refractivity contribution in [2.45, 2.75) is 90.2 Å². The lowest BCUT2D eigenvalue weighted by atomic mass is 9.76. The average molecular weight is 430 g/mol. The second-order valence-corrected chi connectivity index (χ2v) is 10.4. The molecular formula is C25H35NO5. The topological polar surface area (TPSA) is 92.7 Å². The minimum absolute atomic E-state index is 0.0109.